The summed E-state index contributed by atoms with van der Waals surface area (Å²) in [5, 5.41) is 1.06. The number of rotatable bonds is 2. The molecule has 1 aromatic heterocycles. The van der Waals surface area contributed by atoms with Crippen molar-refractivity contribution in [1.82, 2.24) is 4.98 Å². The van der Waals surface area contributed by atoms with E-state index in [0.717, 1.165) is 10.9 Å². The number of esters is 1. The minimum Gasteiger partial charge on any atom is -0.449 e. The van der Waals surface area contributed by atoms with Crippen molar-refractivity contribution in [2.75, 3.05) is 6.61 Å². The molecule has 0 aliphatic rings. The van der Waals surface area contributed by atoms with Crippen LogP contribution < -0.4 is 0 Å². The summed E-state index contributed by atoms with van der Waals surface area (Å²) >= 11 is 0. The second kappa shape index (κ2) is 3.89. The Morgan fingerprint density at radius 3 is 3.13 bits per heavy atom. The highest BCUT2D eigenvalue weighted by Gasteiger charge is 2.07. The predicted octanol–water partition coefficient (Wildman–Crippen LogP) is 1.96. The van der Waals surface area contributed by atoms with Gasteiger partial charge in [-0.3, -0.25) is 0 Å². The van der Waals surface area contributed by atoms with E-state index in [1.54, 1.807) is 12.1 Å². The van der Waals surface area contributed by atoms with Crippen LogP contribution >= 0.6 is 0 Å². The van der Waals surface area contributed by atoms with Crippen LogP contribution in [-0.4, -0.2) is 17.6 Å². The number of hydrogen-bond acceptors (Lipinski definition) is 2. The van der Waals surface area contributed by atoms with Gasteiger partial charge in [0.1, 0.15) is 0 Å². The molecule has 74 valence electrons. The SMILES string of the molecule is C#CCOC(=O)c1ccc2cc[nH]c2c1. The van der Waals surface area contributed by atoms with Crippen LogP contribution in [0.25, 0.3) is 10.9 Å². The highest BCUT2D eigenvalue weighted by atomic mass is 16.5. The van der Waals surface area contributed by atoms with E-state index in [-0.39, 0.29) is 6.61 Å². The van der Waals surface area contributed by atoms with E-state index in [2.05, 4.69) is 10.9 Å². The second-order valence-electron chi connectivity index (χ2n) is 3.06. The zero-order valence-electron chi connectivity index (χ0n) is 7.99. The Morgan fingerprint density at radius 2 is 2.33 bits per heavy atom. The predicted molar refractivity (Wildman–Crippen MR) is 57.4 cm³/mol. The average molecular weight is 199 g/mol. The van der Waals surface area contributed by atoms with E-state index in [4.69, 9.17) is 11.2 Å². The van der Waals surface area contributed by atoms with Crippen molar-refractivity contribution in [2.24, 2.45) is 0 Å². The molecule has 1 heterocycles. The zero-order chi connectivity index (χ0) is 10.7. The Bertz CT molecular complexity index is 534. The Hall–Kier alpha value is -2.21. The standard InChI is InChI=1S/C12H9NO2/c1-2-7-15-12(14)10-4-3-9-5-6-13-11(9)8-10/h1,3-6,8,13H,7H2. The lowest BCUT2D eigenvalue weighted by molar-refractivity contribution is 0.0557. The molecule has 0 atom stereocenters. The Balaban J connectivity index is 2.28. The highest BCUT2D eigenvalue weighted by Crippen LogP contribution is 2.14. The van der Waals surface area contributed by atoms with Crippen LogP contribution in [0.4, 0.5) is 0 Å². The summed E-state index contributed by atoms with van der Waals surface area (Å²) in [6, 6.07) is 7.26. The molecule has 1 N–H and O–H groups in total. The van der Waals surface area contributed by atoms with E-state index in [1.807, 2.05) is 18.3 Å². The average Bonchev–Trinajstić information content (AvgIpc) is 2.72. The molecule has 0 aliphatic heterocycles. The number of aromatic nitrogens is 1. The summed E-state index contributed by atoms with van der Waals surface area (Å²) in [7, 11) is 0. The van der Waals surface area contributed by atoms with E-state index >= 15 is 0 Å². The number of carbonyl (C=O) groups is 1. The number of H-pyrrole nitrogens is 1. The van der Waals surface area contributed by atoms with Gasteiger partial charge in [-0.05, 0) is 23.6 Å². The lowest BCUT2D eigenvalue weighted by atomic mass is 10.2. The van der Waals surface area contributed by atoms with Crippen molar-refractivity contribution in [3.63, 3.8) is 0 Å². The first-order valence-electron chi connectivity index (χ1n) is 4.49. The van der Waals surface area contributed by atoms with Crippen molar-refractivity contribution in [2.45, 2.75) is 0 Å². The van der Waals surface area contributed by atoms with Crippen molar-refractivity contribution >= 4 is 16.9 Å². The van der Waals surface area contributed by atoms with E-state index in [0.29, 0.717) is 5.56 Å². The molecule has 0 saturated heterocycles. The van der Waals surface area contributed by atoms with Gasteiger partial charge in [0, 0.05) is 11.7 Å². The van der Waals surface area contributed by atoms with Crippen LogP contribution in [-0.2, 0) is 4.74 Å². The van der Waals surface area contributed by atoms with Gasteiger partial charge in [0.2, 0.25) is 0 Å². The minimum absolute atomic E-state index is 0.00158. The van der Waals surface area contributed by atoms with Gasteiger partial charge in [0.25, 0.3) is 0 Å². The number of benzene rings is 1. The molecular formula is C12H9NO2. The maximum Gasteiger partial charge on any atom is 0.339 e. The van der Waals surface area contributed by atoms with Crippen LogP contribution in [0.2, 0.25) is 0 Å². The Morgan fingerprint density at radius 1 is 1.47 bits per heavy atom. The molecule has 0 fully saturated rings. The largest absolute Gasteiger partial charge is 0.449 e. The van der Waals surface area contributed by atoms with E-state index in [1.165, 1.54) is 0 Å². The van der Waals surface area contributed by atoms with Gasteiger partial charge in [-0.15, -0.1) is 6.42 Å². The van der Waals surface area contributed by atoms with Crippen LogP contribution in [0, 0.1) is 12.3 Å². The second-order valence-corrected chi connectivity index (χ2v) is 3.06. The van der Waals surface area contributed by atoms with E-state index < -0.39 is 5.97 Å². The topological polar surface area (TPSA) is 42.1 Å². The maximum atomic E-state index is 11.4. The number of nitrogens with one attached hydrogen (secondary N) is 1. The molecule has 3 heteroatoms. The van der Waals surface area contributed by atoms with Crippen LogP contribution in [0.15, 0.2) is 30.5 Å². The fourth-order valence-electron chi connectivity index (χ4n) is 1.37. The molecule has 3 nitrogen and oxygen atoms in total. The van der Waals surface area contributed by atoms with Gasteiger partial charge in [-0.1, -0.05) is 12.0 Å². The first-order chi connectivity index (χ1) is 7.31. The lowest BCUT2D eigenvalue weighted by Gasteiger charge is -2.00. The third-order valence-electron chi connectivity index (χ3n) is 2.08. The molecule has 0 aliphatic carbocycles. The highest BCUT2D eigenvalue weighted by molar-refractivity contribution is 5.94. The third-order valence-corrected chi connectivity index (χ3v) is 2.08. The van der Waals surface area contributed by atoms with Gasteiger partial charge in [-0.25, -0.2) is 4.79 Å². The summed E-state index contributed by atoms with van der Waals surface area (Å²) < 4.78 is 4.81. The van der Waals surface area contributed by atoms with Crippen LogP contribution in [0.3, 0.4) is 0 Å². The first kappa shape index (κ1) is 9.35. The molecule has 0 unspecified atom stereocenters. The minimum atomic E-state index is -0.399. The summed E-state index contributed by atoms with van der Waals surface area (Å²) in [4.78, 5) is 14.5. The molecular weight excluding hydrogens is 190 g/mol. The number of fused-ring (bicyclic) bond motifs is 1. The molecule has 0 bridgehead atoms. The van der Waals surface area contributed by atoms with Crippen molar-refractivity contribution in [3.05, 3.63) is 36.0 Å². The quantitative estimate of drug-likeness (QED) is 0.593. The molecule has 15 heavy (non-hydrogen) atoms. The van der Waals surface area contributed by atoms with E-state index in [9.17, 15) is 4.79 Å². The number of ether oxygens (including phenoxy) is 1. The normalized spacial score (nSPS) is 9.80. The van der Waals surface area contributed by atoms with Gasteiger partial charge in [0.05, 0.1) is 5.56 Å². The maximum absolute atomic E-state index is 11.4. The number of carbonyl (C=O) groups excluding carboxylic acids is 1. The van der Waals surface area contributed by atoms with Crippen molar-refractivity contribution in [1.29, 1.82) is 0 Å². The Labute approximate surface area is 87.1 Å². The fourth-order valence-corrected chi connectivity index (χ4v) is 1.37. The van der Waals surface area contributed by atoms with Gasteiger partial charge in [0.15, 0.2) is 6.61 Å². The van der Waals surface area contributed by atoms with Gasteiger partial charge in [-0.2, -0.15) is 0 Å². The zero-order valence-corrected chi connectivity index (χ0v) is 7.99. The monoisotopic (exact) mass is 199 g/mol. The molecule has 2 aromatic rings. The molecule has 0 spiro atoms. The van der Waals surface area contributed by atoms with Crippen molar-refractivity contribution < 1.29 is 9.53 Å². The smallest absolute Gasteiger partial charge is 0.339 e. The molecule has 2 rings (SSSR count). The summed E-state index contributed by atoms with van der Waals surface area (Å²) in [6.07, 6.45) is 6.82. The van der Waals surface area contributed by atoms with Gasteiger partial charge >= 0.3 is 5.97 Å². The number of aromatic amines is 1. The molecule has 1 aromatic carbocycles. The Kier molecular flexibility index (Phi) is 2.42. The molecule has 0 amide bonds. The van der Waals surface area contributed by atoms with Crippen LogP contribution in [0.5, 0.6) is 0 Å². The summed E-state index contributed by atoms with van der Waals surface area (Å²) in [5.74, 6) is 1.85. The van der Waals surface area contributed by atoms with Crippen molar-refractivity contribution in [3.8, 4) is 12.3 Å². The first-order valence-corrected chi connectivity index (χ1v) is 4.49. The number of hydrogen-bond donors (Lipinski definition) is 1. The fraction of sp³-hybridized carbons (Fsp3) is 0.0833. The lowest BCUT2D eigenvalue weighted by Crippen LogP contribution is -2.04. The summed E-state index contributed by atoms with van der Waals surface area (Å²) in [5.41, 5.74) is 1.41. The molecule has 0 saturated carbocycles. The van der Waals surface area contributed by atoms with Crippen LogP contribution in [0.1, 0.15) is 10.4 Å². The van der Waals surface area contributed by atoms with Gasteiger partial charge < -0.3 is 9.72 Å². The number of terminal acetylenes is 1. The molecule has 0 radical (unpaired) electrons. The third kappa shape index (κ3) is 1.84. The summed E-state index contributed by atoms with van der Waals surface area (Å²) in [6.45, 7) is 0.00158.